The molecule has 1 fully saturated rings. The van der Waals surface area contributed by atoms with Gasteiger partial charge in [-0.25, -0.2) is 4.79 Å². The minimum absolute atomic E-state index is 0.0840. The number of hydrogen-bond donors (Lipinski definition) is 3. The molecule has 2 aliphatic heterocycles. The quantitative estimate of drug-likeness (QED) is 0.663. The molecule has 0 amide bonds. The molecule has 3 N–H and O–H groups in total. The molecule has 3 aromatic rings. The third-order valence-corrected chi connectivity index (χ3v) is 5.72. The van der Waals surface area contributed by atoms with Crippen LogP contribution < -0.4 is 21.3 Å². The fourth-order valence-electron chi connectivity index (χ4n) is 4.49. The molecule has 1 aromatic heterocycles. The highest BCUT2D eigenvalue weighted by molar-refractivity contribution is 5.85. The van der Waals surface area contributed by atoms with E-state index in [9.17, 15) is 4.79 Å². The minimum atomic E-state index is -0.116. The van der Waals surface area contributed by atoms with Crippen molar-refractivity contribution in [1.82, 2.24) is 20.4 Å². The second kappa shape index (κ2) is 5.72. The van der Waals surface area contributed by atoms with E-state index in [1.807, 2.05) is 41.0 Å². The molecule has 5 rings (SSSR count). The number of benzene rings is 2. The number of aromatic amines is 1. The lowest BCUT2D eigenvalue weighted by molar-refractivity contribution is 0.252. The van der Waals surface area contributed by atoms with Crippen molar-refractivity contribution < 1.29 is 4.74 Å². The fourth-order valence-corrected chi connectivity index (χ4v) is 4.49. The molecule has 2 aliphatic rings. The molecule has 3 atom stereocenters. The minimum Gasteiger partial charge on any atom is -0.488 e. The van der Waals surface area contributed by atoms with Gasteiger partial charge in [-0.3, -0.25) is 15.4 Å². The summed E-state index contributed by atoms with van der Waals surface area (Å²) >= 11 is 0. The van der Waals surface area contributed by atoms with Crippen LogP contribution in [0.4, 0.5) is 0 Å². The zero-order chi connectivity index (χ0) is 17.8. The van der Waals surface area contributed by atoms with Gasteiger partial charge < -0.3 is 9.72 Å². The fraction of sp³-hybridized carbons (Fsp3) is 0.350. The zero-order valence-electron chi connectivity index (χ0n) is 14.8. The molecule has 0 saturated carbocycles. The largest absolute Gasteiger partial charge is 0.488 e. The monoisotopic (exact) mass is 350 g/mol. The summed E-state index contributed by atoms with van der Waals surface area (Å²) in [5.41, 5.74) is 10.5. The third-order valence-electron chi connectivity index (χ3n) is 5.72. The second-order valence-corrected chi connectivity index (χ2v) is 7.31. The Morgan fingerprint density at radius 1 is 1.04 bits per heavy atom. The van der Waals surface area contributed by atoms with Crippen LogP contribution in [0.3, 0.4) is 0 Å². The predicted molar refractivity (Wildman–Crippen MR) is 101 cm³/mol. The highest BCUT2D eigenvalue weighted by Gasteiger charge is 2.36. The number of imidazole rings is 1. The molecular formula is C20H22N4O2. The Balaban J connectivity index is 1.73. The Bertz CT molecular complexity index is 1010. The van der Waals surface area contributed by atoms with Gasteiger partial charge in [0.25, 0.3) is 0 Å². The van der Waals surface area contributed by atoms with Crippen molar-refractivity contribution in [3.8, 4) is 5.75 Å². The van der Waals surface area contributed by atoms with Crippen LogP contribution in [0, 0.1) is 0 Å². The first kappa shape index (κ1) is 15.7. The molecule has 26 heavy (non-hydrogen) atoms. The van der Waals surface area contributed by atoms with E-state index in [0.29, 0.717) is 6.61 Å². The summed E-state index contributed by atoms with van der Waals surface area (Å²) in [6, 6.07) is 14.6. The lowest BCUT2D eigenvalue weighted by Gasteiger charge is -2.29. The van der Waals surface area contributed by atoms with Gasteiger partial charge in [0, 0.05) is 23.6 Å². The van der Waals surface area contributed by atoms with Gasteiger partial charge in [0.2, 0.25) is 0 Å². The first-order valence-corrected chi connectivity index (χ1v) is 9.11. The molecule has 0 spiro atoms. The third kappa shape index (κ3) is 2.15. The Hall–Kier alpha value is -2.57. The Kier molecular flexibility index (Phi) is 3.45. The van der Waals surface area contributed by atoms with Crippen molar-refractivity contribution in [2.24, 2.45) is 0 Å². The summed E-state index contributed by atoms with van der Waals surface area (Å²) in [5.74, 6) is 1.11. The number of aromatic nitrogens is 2. The van der Waals surface area contributed by atoms with Gasteiger partial charge in [0.15, 0.2) is 0 Å². The molecular weight excluding hydrogens is 328 g/mol. The average molecular weight is 350 g/mol. The van der Waals surface area contributed by atoms with Crippen molar-refractivity contribution in [3.05, 3.63) is 64.1 Å². The number of rotatable bonds is 2. The normalized spacial score (nSPS) is 27.6. The first-order valence-electron chi connectivity index (χ1n) is 9.11. The highest BCUT2D eigenvalue weighted by atomic mass is 16.5. The average Bonchev–Trinajstić information content (AvgIpc) is 3.17. The number of nitrogens with one attached hydrogen (secondary N) is 3. The van der Waals surface area contributed by atoms with Crippen LogP contribution >= 0.6 is 0 Å². The Labute approximate surface area is 151 Å². The van der Waals surface area contributed by atoms with Crippen molar-refractivity contribution in [2.75, 3.05) is 6.61 Å². The first-order chi connectivity index (χ1) is 12.6. The molecule has 3 heterocycles. The van der Waals surface area contributed by atoms with Crippen LogP contribution in [0.2, 0.25) is 0 Å². The maximum Gasteiger partial charge on any atom is 0.327 e. The number of hydrogen-bond acceptors (Lipinski definition) is 4. The van der Waals surface area contributed by atoms with Gasteiger partial charge in [0.1, 0.15) is 17.9 Å². The smallest absolute Gasteiger partial charge is 0.327 e. The van der Waals surface area contributed by atoms with E-state index in [1.165, 1.54) is 0 Å². The maximum absolute atomic E-state index is 12.7. The SMILES string of the molecule is CC1NNC(C)C1c1ccc2[nH]c(=O)n3c2c1OCC3c1ccccc1. The molecule has 6 heteroatoms. The van der Waals surface area contributed by atoms with Crippen LogP contribution in [0.25, 0.3) is 11.0 Å². The van der Waals surface area contributed by atoms with E-state index in [1.54, 1.807) is 0 Å². The molecule has 134 valence electrons. The Morgan fingerprint density at radius 3 is 2.50 bits per heavy atom. The predicted octanol–water partition coefficient (Wildman–Crippen LogP) is 2.28. The van der Waals surface area contributed by atoms with E-state index in [0.717, 1.165) is 27.9 Å². The molecule has 2 aromatic carbocycles. The molecule has 0 bridgehead atoms. The molecule has 0 aliphatic carbocycles. The maximum atomic E-state index is 12.7. The van der Waals surface area contributed by atoms with Crippen molar-refractivity contribution in [1.29, 1.82) is 0 Å². The second-order valence-electron chi connectivity index (χ2n) is 7.31. The van der Waals surface area contributed by atoms with Gasteiger partial charge in [-0.2, -0.15) is 0 Å². The van der Waals surface area contributed by atoms with E-state index in [4.69, 9.17) is 4.74 Å². The van der Waals surface area contributed by atoms with Gasteiger partial charge >= 0.3 is 5.69 Å². The summed E-state index contributed by atoms with van der Waals surface area (Å²) in [5, 5.41) is 0. The van der Waals surface area contributed by atoms with Crippen LogP contribution in [-0.4, -0.2) is 28.2 Å². The van der Waals surface area contributed by atoms with Crippen LogP contribution in [-0.2, 0) is 0 Å². The lowest BCUT2D eigenvalue weighted by atomic mass is 9.87. The standard InChI is InChI=1S/C20H22N4O2/c1-11-17(12(2)23-22-11)14-8-9-15-18-19(14)26-10-16(24(18)20(25)21-15)13-6-4-3-5-7-13/h3-9,11-12,16-17,22-23H,10H2,1-2H3,(H,21,25). The number of ether oxygens (including phenoxy) is 1. The summed E-state index contributed by atoms with van der Waals surface area (Å²) in [7, 11) is 0. The molecule has 6 nitrogen and oxygen atoms in total. The van der Waals surface area contributed by atoms with E-state index in [-0.39, 0.29) is 29.7 Å². The number of hydrazine groups is 1. The van der Waals surface area contributed by atoms with Crippen molar-refractivity contribution in [3.63, 3.8) is 0 Å². The van der Waals surface area contributed by atoms with E-state index < -0.39 is 0 Å². The highest BCUT2D eigenvalue weighted by Crippen LogP contribution is 2.41. The lowest BCUT2D eigenvalue weighted by Crippen LogP contribution is -2.31. The summed E-state index contributed by atoms with van der Waals surface area (Å²) in [6.45, 7) is 4.78. The molecule has 0 radical (unpaired) electrons. The van der Waals surface area contributed by atoms with Gasteiger partial charge in [-0.15, -0.1) is 0 Å². The van der Waals surface area contributed by atoms with E-state index in [2.05, 4.69) is 35.7 Å². The summed E-state index contributed by atoms with van der Waals surface area (Å²) < 4.78 is 8.14. The zero-order valence-corrected chi connectivity index (χ0v) is 14.8. The summed E-state index contributed by atoms with van der Waals surface area (Å²) in [6.07, 6.45) is 0. The van der Waals surface area contributed by atoms with E-state index >= 15 is 0 Å². The van der Waals surface area contributed by atoms with Gasteiger partial charge in [0.05, 0.1) is 11.6 Å². The molecule has 1 saturated heterocycles. The van der Waals surface area contributed by atoms with Crippen LogP contribution in [0.15, 0.2) is 47.3 Å². The van der Waals surface area contributed by atoms with Crippen LogP contribution in [0.5, 0.6) is 5.75 Å². The van der Waals surface area contributed by atoms with Crippen molar-refractivity contribution in [2.45, 2.75) is 37.9 Å². The molecule has 3 unspecified atom stereocenters. The summed E-state index contributed by atoms with van der Waals surface area (Å²) in [4.78, 5) is 15.7. The van der Waals surface area contributed by atoms with Gasteiger partial charge in [-0.1, -0.05) is 36.4 Å². The van der Waals surface area contributed by atoms with Crippen molar-refractivity contribution >= 4 is 11.0 Å². The topological polar surface area (TPSA) is 71.1 Å². The number of nitrogens with zero attached hydrogens (tertiary/aromatic N) is 1. The Morgan fingerprint density at radius 2 is 1.77 bits per heavy atom. The van der Waals surface area contributed by atoms with Crippen LogP contribution in [0.1, 0.15) is 36.9 Å². The number of H-pyrrole nitrogens is 1. The van der Waals surface area contributed by atoms with Gasteiger partial charge in [-0.05, 0) is 25.5 Å².